The number of benzene rings is 3. The van der Waals surface area contributed by atoms with Crippen LogP contribution in [0, 0.1) is 0 Å². The molecule has 0 fully saturated rings. The van der Waals surface area contributed by atoms with Crippen molar-refractivity contribution < 1.29 is 39.7 Å². The smallest absolute Gasteiger partial charge is 0.416 e. The maximum absolute atomic E-state index is 14.3. The first kappa shape index (κ1) is 25.7. The monoisotopic (exact) mass is 510 g/mol. The molecule has 0 bridgehead atoms. The van der Waals surface area contributed by atoms with Crippen LogP contribution in [0.25, 0.3) is 0 Å². The van der Waals surface area contributed by atoms with Gasteiger partial charge in [-0.3, -0.25) is 4.79 Å². The van der Waals surface area contributed by atoms with E-state index in [0.717, 1.165) is 36.4 Å². The summed E-state index contributed by atoms with van der Waals surface area (Å²) < 4.78 is 86.7. The molecule has 35 heavy (non-hydrogen) atoms. The van der Waals surface area contributed by atoms with E-state index < -0.39 is 38.6 Å². The Hall–Kier alpha value is -3.93. The van der Waals surface area contributed by atoms with Crippen LogP contribution in [0.15, 0.2) is 82.8 Å². The number of amides is 1. The average molecular weight is 510 g/mol. The third-order valence-electron chi connectivity index (χ3n) is 4.55. The summed E-state index contributed by atoms with van der Waals surface area (Å²) in [6.45, 7) is 0. The van der Waals surface area contributed by atoms with Crippen molar-refractivity contribution in [2.24, 2.45) is 5.10 Å². The molecule has 1 amide bonds. The van der Waals surface area contributed by atoms with Gasteiger partial charge in [0.15, 0.2) is 0 Å². The van der Waals surface area contributed by atoms with Gasteiger partial charge in [-0.2, -0.15) is 26.0 Å². The van der Waals surface area contributed by atoms with Gasteiger partial charge in [-0.05, 0) is 66.2 Å². The third kappa shape index (κ3) is 7.03. The number of hydrogen-bond donors (Lipinski definition) is 1. The predicted octanol–water partition coefficient (Wildman–Crippen LogP) is 4.47. The number of hydrazone groups is 1. The second-order valence-corrected chi connectivity index (χ2v) is 8.60. The fraction of sp³-hybridized carbons (Fsp3) is 0.130. The number of halogens is 4. The summed E-state index contributed by atoms with van der Waals surface area (Å²) in [5.41, 5.74) is 1.63. The van der Waals surface area contributed by atoms with Crippen LogP contribution < -0.4 is 14.3 Å². The summed E-state index contributed by atoms with van der Waals surface area (Å²) in [5, 5.41) is 3.38. The molecule has 0 aliphatic heterocycles. The highest BCUT2D eigenvalue weighted by Crippen LogP contribution is 2.30. The van der Waals surface area contributed by atoms with E-state index >= 15 is 0 Å². The minimum atomic E-state index is -4.61. The molecule has 0 aromatic heterocycles. The lowest BCUT2D eigenvalue weighted by atomic mass is 10.1. The van der Waals surface area contributed by atoms with Crippen LogP contribution in [0.4, 0.5) is 17.6 Å². The third-order valence-corrected chi connectivity index (χ3v) is 5.81. The minimum Gasteiger partial charge on any atom is -0.497 e. The van der Waals surface area contributed by atoms with Crippen molar-refractivity contribution in [1.29, 1.82) is 0 Å². The Kier molecular flexibility index (Phi) is 7.75. The van der Waals surface area contributed by atoms with E-state index in [1.165, 1.54) is 7.11 Å². The number of carbonyl (C=O) groups excluding carboxylic acids is 1. The maximum atomic E-state index is 14.3. The second kappa shape index (κ2) is 10.6. The zero-order valence-corrected chi connectivity index (χ0v) is 18.9. The predicted molar refractivity (Wildman–Crippen MR) is 118 cm³/mol. The highest BCUT2D eigenvalue weighted by Gasteiger charge is 2.31. The van der Waals surface area contributed by atoms with Crippen LogP contribution in [0.3, 0.4) is 0 Å². The standard InChI is InChI=1S/C23H18F4N2O5S/c1-33-19-4-2-3-15(13-19)14-21(30)28-29-22(24)16-5-9-18(10-6-16)34-35(31,32)20-11-7-17(8-12-20)23(25,26)27/h2-13H,14H2,1H3,(H,28,30)/b29-22+. The first-order valence-electron chi connectivity index (χ1n) is 9.85. The van der Waals surface area contributed by atoms with Crippen LogP contribution in [-0.2, 0) is 27.5 Å². The van der Waals surface area contributed by atoms with Crippen molar-refractivity contribution in [3.05, 3.63) is 89.5 Å². The topological polar surface area (TPSA) is 94.1 Å². The van der Waals surface area contributed by atoms with E-state index in [0.29, 0.717) is 23.4 Å². The van der Waals surface area contributed by atoms with E-state index in [1.54, 1.807) is 24.3 Å². The average Bonchev–Trinajstić information content (AvgIpc) is 2.82. The molecule has 3 aromatic carbocycles. The molecule has 0 radical (unpaired) electrons. The lowest BCUT2D eigenvalue weighted by Gasteiger charge is -2.09. The largest absolute Gasteiger partial charge is 0.497 e. The van der Waals surface area contributed by atoms with E-state index in [1.807, 2.05) is 0 Å². The molecule has 0 spiro atoms. The lowest BCUT2D eigenvalue weighted by molar-refractivity contribution is -0.137. The van der Waals surface area contributed by atoms with Crippen LogP contribution >= 0.6 is 0 Å². The summed E-state index contributed by atoms with van der Waals surface area (Å²) in [4.78, 5) is 11.5. The van der Waals surface area contributed by atoms with Gasteiger partial charge in [-0.15, -0.1) is 5.10 Å². The van der Waals surface area contributed by atoms with Gasteiger partial charge in [0.05, 0.1) is 19.1 Å². The molecule has 0 saturated heterocycles. The number of alkyl halides is 3. The number of rotatable bonds is 8. The van der Waals surface area contributed by atoms with Gasteiger partial charge >= 0.3 is 16.3 Å². The molecule has 0 aliphatic rings. The van der Waals surface area contributed by atoms with Crippen molar-refractivity contribution in [3.63, 3.8) is 0 Å². The van der Waals surface area contributed by atoms with Crippen molar-refractivity contribution in [2.75, 3.05) is 7.11 Å². The van der Waals surface area contributed by atoms with E-state index in [2.05, 4.69) is 10.5 Å². The van der Waals surface area contributed by atoms with Crippen LogP contribution in [0.5, 0.6) is 11.5 Å². The Balaban J connectivity index is 1.62. The summed E-state index contributed by atoms with van der Waals surface area (Å²) in [5.74, 6) is -1.26. The molecule has 0 atom stereocenters. The highest BCUT2D eigenvalue weighted by atomic mass is 32.2. The molecule has 184 valence electrons. The first-order chi connectivity index (χ1) is 16.5. The van der Waals surface area contributed by atoms with Crippen molar-refractivity contribution >= 4 is 22.0 Å². The molecular weight excluding hydrogens is 492 g/mol. The zero-order chi connectivity index (χ0) is 25.6. The Morgan fingerprint density at radius 1 is 0.971 bits per heavy atom. The highest BCUT2D eigenvalue weighted by molar-refractivity contribution is 7.87. The fourth-order valence-corrected chi connectivity index (χ4v) is 3.75. The van der Waals surface area contributed by atoms with Gasteiger partial charge in [-0.25, -0.2) is 5.43 Å². The molecule has 3 aromatic rings. The molecule has 0 saturated carbocycles. The number of ether oxygens (including phenoxy) is 1. The second-order valence-electron chi connectivity index (χ2n) is 7.05. The molecule has 0 unspecified atom stereocenters. The first-order valence-corrected chi connectivity index (χ1v) is 11.3. The molecule has 3 rings (SSSR count). The lowest BCUT2D eigenvalue weighted by Crippen LogP contribution is -2.21. The summed E-state index contributed by atoms with van der Waals surface area (Å²) in [7, 11) is -2.94. The summed E-state index contributed by atoms with van der Waals surface area (Å²) >= 11 is 0. The molecule has 12 heteroatoms. The van der Waals surface area contributed by atoms with Gasteiger partial charge in [-0.1, -0.05) is 12.1 Å². The minimum absolute atomic E-state index is 0.0669. The van der Waals surface area contributed by atoms with Crippen molar-refractivity contribution in [3.8, 4) is 11.5 Å². The number of nitrogens with one attached hydrogen (secondary N) is 1. The number of hydrogen-bond acceptors (Lipinski definition) is 6. The number of carbonyl (C=O) groups is 1. The Labute approximate surface area is 198 Å². The van der Waals surface area contributed by atoms with Gasteiger partial charge in [0, 0.05) is 5.56 Å². The van der Waals surface area contributed by atoms with Crippen molar-refractivity contribution in [2.45, 2.75) is 17.5 Å². The molecule has 0 heterocycles. The number of nitrogens with zero attached hydrogens (tertiary/aromatic N) is 1. The fourth-order valence-electron chi connectivity index (χ4n) is 2.82. The number of methoxy groups -OCH3 is 1. The van der Waals surface area contributed by atoms with Gasteiger partial charge in [0.1, 0.15) is 16.4 Å². The van der Waals surface area contributed by atoms with Crippen LogP contribution in [-0.4, -0.2) is 27.4 Å². The van der Waals surface area contributed by atoms with Gasteiger partial charge < -0.3 is 8.92 Å². The van der Waals surface area contributed by atoms with Crippen molar-refractivity contribution in [1.82, 2.24) is 5.43 Å². The summed E-state index contributed by atoms with van der Waals surface area (Å²) in [6.07, 6.45) is -4.68. The van der Waals surface area contributed by atoms with E-state index in [9.17, 15) is 30.8 Å². The quantitative estimate of drug-likeness (QED) is 0.209. The maximum Gasteiger partial charge on any atom is 0.416 e. The van der Waals surface area contributed by atoms with Gasteiger partial charge in [0.25, 0.3) is 0 Å². The zero-order valence-electron chi connectivity index (χ0n) is 18.0. The van der Waals surface area contributed by atoms with Crippen LogP contribution in [0.1, 0.15) is 16.7 Å². The SMILES string of the molecule is COc1cccc(CC(=O)N/N=C(/F)c2ccc(OS(=O)(=O)c3ccc(C(F)(F)F)cc3)cc2)c1. The summed E-state index contributed by atoms with van der Waals surface area (Å²) in [6, 6.07) is 14.1. The molecule has 0 aliphatic carbocycles. The van der Waals surface area contributed by atoms with Crippen LogP contribution in [0.2, 0.25) is 0 Å². The Bertz CT molecular complexity index is 1320. The molecule has 7 nitrogen and oxygen atoms in total. The molecule has 1 N–H and O–H groups in total. The Morgan fingerprint density at radius 2 is 1.63 bits per heavy atom. The molecular formula is C23H18F4N2O5S. The van der Waals surface area contributed by atoms with E-state index in [4.69, 9.17) is 8.92 Å². The normalized spacial score (nSPS) is 12.2. The van der Waals surface area contributed by atoms with E-state index in [-0.39, 0.29) is 17.7 Å². The Morgan fingerprint density at radius 3 is 2.23 bits per heavy atom. The van der Waals surface area contributed by atoms with Gasteiger partial charge in [0.2, 0.25) is 11.9 Å².